The van der Waals surface area contributed by atoms with Crippen LogP contribution in [0, 0.1) is 5.92 Å². The Labute approximate surface area is 74.3 Å². The third kappa shape index (κ3) is 4.97. The van der Waals surface area contributed by atoms with Gasteiger partial charge in [0.2, 0.25) is 0 Å². The van der Waals surface area contributed by atoms with Crippen molar-refractivity contribution in [2.45, 2.75) is 6.04 Å². The second-order valence-corrected chi connectivity index (χ2v) is 4.35. The molecule has 0 aliphatic heterocycles. The van der Waals surface area contributed by atoms with Crippen molar-refractivity contribution < 1.29 is 29.4 Å². The molecule has 0 aromatic heterocycles. The van der Waals surface area contributed by atoms with Crippen LogP contribution >= 0.6 is 7.60 Å². The summed E-state index contributed by atoms with van der Waals surface area (Å²) in [4.78, 5) is 27.3. The number of aliphatic hydroxyl groups is 1. The van der Waals surface area contributed by atoms with E-state index in [0.717, 1.165) is 0 Å². The Morgan fingerprint density at radius 3 is 2.15 bits per heavy atom. The van der Waals surface area contributed by atoms with Gasteiger partial charge >= 0.3 is 13.6 Å². The topological polar surface area (TPSA) is 141 Å². The maximum absolute atomic E-state index is 10.5. The van der Waals surface area contributed by atoms with Crippen molar-refractivity contribution in [2.75, 3.05) is 12.8 Å². The van der Waals surface area contributed by atoms with Crippen LogP contribution in [0.25, 0.3) is 0 Å². The van der Waals surface area contributed by atoms with E-state index in [0.29, 0.717) is 0 Å². The molecule has 13 heavy (non-hydrogen) atoms. The first-order valence-electron chi connectivity index (χ1n) is 3.41. The summed E-state index contributed by atoms with van der Waals surface area (Å²) in [6, 6.07) is -1.46. The first kappa shape index (κ1) is 12.5. The molecule has 0 amide bonds. The van der Waals surface area contributed by atoms with Crippen LogP contribution < -0.4 is 5.73 Å². The highest BCUT2D eigenvalue weighted by Crippen LogP contribution is 2.37. The van der Waals surface area contributed by atoms with E-state index < -0.39 is 38.3 Å². The van der Waals surface area contributed by atoms with Crippen molar-refractivity contribution in [3.8, 4) is 0 Å². The van der Waals surface area contributed by atoms with E-state index in [4.69, 9.17) is 25.7 Å². The number of nitrogens with two attached hydrogens (primary N) is 1. The lowest BCUT2D eigenvalue weighted by atomic mass is 10.0. The summed E-state index contributed by atoms with van der Waals surface area (Å²) < 4.78 is 10.5. The molecular weight excluding hydrogens is 201 g/mol. The number of aliphatic hydroxyl groups excluding tert-OH is 1. The summed E-state index contributed by atoms with van der Waals surface area (Å²) >= 11 is 0. The third-order valence-corrected chi connectivity index (χ3v) is 2.44. The second kappa shape index (κ2) is 4.69. The average molecular weight is 213 g/mol. The van der Waals surface area contributed by atoms with Crippen LogP contribution in [0.2, 0.25) is 0 Å². The Bertz CT molecular complexity index is 225. The Balaban J connectivity index is 4.35. The van der Waals surface area contributed by atoms with Gasteiger partial charge in [-0.25, -0.2) is 0 Å². The summed E-state index contributed by atoms with van der Waals surface area (Å²) in [6.07, 6.45) is -0.725. The van der Waals surface area contributed by atoms with Gasteiger partial charge in [-0.05, 0) is 0 Å². The number of carboxylic acid groups (broad SMARTS) is 1. The molecule has 0 radical (unpaired) electrons. The minimum Gasteiger partial charge on any atom is -0.480 e. The van der Waals surface area contributed by atoms with E-state index in [-0.39, 0.29) is 0 Å². The predicted octanol–water partition coefficient (Wildman–Crippen LogP) is -1.82. The molecule has 0 bridgehead atoms. The molecule has 0 rings (SSSR count). The van der Waals surface area contributed by atoms with Crippen molar-refractivity contribution in [3.63, 3.8) is 0 Å². The summed E-state index contributed by atoms with van der Waals surface area (Å²) in [6.45, 7) is -0.668. The largest absolute Gasteiger partial charge is 0.480 e. The SMILES string of the molecule is N[C@@H](C(=O)O)C(CO)CP(=O)(O)O. The molecule has 0 aliphatic carbocycles. The zero-order chi connectivity index (χ0) is 10.6. The lowest BCUT2D eigenvalue weighted by molar-refractivity contribution is -0.140. The fourth-order valence-electron chi connectivity index (χ4n) is 0.792. The Hall–Kier alpha value is -0.460. The normalized spacial score (nSPS) is 16.6. The molecular formula is C5H12NO6P. The van der Waals surface area contributed by atoms with Gasteiger partial charge in [-0.15, -0.1) is 0 Å². The lowest BCUT2D eigenvalue weighted by Gasteiger charge is -2.18. The molecule has 78 valence electrons. The molecule has 0 saturated carbocycles. The number of rotatable bonds is 5. The molecule has 0 fully saturated rings. The Morgan fingerprint density at radius 2 is 1.92 bits per heavy atom. The standard InChI is InChI=1S/C5H12NO6P/c6-4(5(8)9)3(1-7)2-13(10,11)12/h3-4,7H,1-2,6H2,(H,8,9)(H2,10,11,12)/t3?,4-/m1/s1. The highest BCUT2D eigenvalue weighted by molar-refractivity contribution is 7.51. The summed E-state index contributed by atoms with van der Waals surface area (Å²) in [5.41, 5.74) is 5.08. The molecule has 8 heteroatoms. The van der Waals surface area contributed by atoms with Crippen LogP contribution in [-0.4, -0.2) is 44.8 Å². The van der Waals surface area contributed by atoms with Crippen LogP contribution in [-0.2, 0) is 9.36 Å². The maximum Gasteiger partial charge on any atom is 0.326 e. The van der Waals surface area contributed by atoms with Crippen molar-refractivity contribution in [3.05, 3.63) is 0 Å². The third-order valence-electron chi connectivity index (χ3n) is 1.50. The first-order chi connectivity index (χ1) is 5.78. The van der Waals surface area contributed by atoms with Crippen molar-refractivity contribution in [1.82, 2.24) is 0 Å². The van der Waals surface area contributed by atoms with Gasteiger partial charge < -0.3 is 25.7 Å². The first-order valence-corrected chi connectivity index (χ1v) is 5.21. The van der Waals surface area contributed by atoms with Gasteiger partial charge in [0.05, 0.1) is 6.16 Å². The second-order valence-electron chi connectivity index (χ2n) is 2.65. The van der Waals surface area contributed by atoms with E-state index in [2.05, 4.69) is 0 Å². The highest BCUT2D eigenvalue weighted by Gasteiger charge is 2.29. The van der Waals surface area contributed by atoms with Gasteiger partial charge in [-0.2, -0.15) is 0 Å². The highest BCUT2D eigenvalue weighted by atomic mass is 31.2. The van der Waals surface area contributed by atoms with Gasteiger partial charge in [0.1, 0.15) is 6.04 Å². The zero-order valence-electron chi connectivity index (χ0n) is 6.70. The van der Waals surface area contributed by atoms with Gasteiger partial charge in [-0.1, -0.05) is 0 Å². The lowest BCUT2D eigenvalue weighted by Crippen LogP contribution is -2.41. The van der Waals surface area contributed by atoms with Crippen LogP contribution in [0.4, 0.5) is 0 Å². The monoisotopic (exact) mass is 213 g/mol. The molecule has 2 atom stereocenters. The van der Waals surface area contributed by atoms with Gasteiger partial charge in [0.15, 0.2) is 0 Å². The molecule has 0 spiro atoms. The fourth-order valence-corrected chi connectivity index (χ4v) is 1.75. The number of aliphatic carboxylic acids is 1. The van der Waals surface area contributed by atoms with Crippen LogP contribution in [0.5, 0.6) is 0 Å². The Morgan fingerprint density at radius 1 is 1.46 bits per heavy atom. The van der Waals surface area contributed by atoms with Crippen molar-refractivity contribution in [1.29, 1.82) is 0 Å². The zero-order valence-corrected chi connectivity index (χ0v) is 7.59. The summed E-state index contributed by atoms with van der Waals surface area (Å²) in [5.74, 6) is -2.52. The van der Waals surface area contributed by atoms with E-state index in [1.165, 1.54) is 0 Å². The fraction of sp³-hybridized carbons (Fsp3) is 0.800. The van der Waals surface area contributed by atoms with Crippen molar-refractivity contribution >= 4 is 13.6 Å². The quantitative estimate of drug-likeness (QED) is 0.338. The molecule has 0 saturated heterocycles. The minimum absolute atomic E-state index is 0.668. The Kier molecular flexibility index (Phi) is 4.52. The minimum atomic E-state index is -4.34. The molecule has 0 aliphatic rings. The van der Waals surface area contributed by atoms with E-state index >= 15 is 0 Å². The molecule has 0 aromatic carbocycles. The number of carboxylic acids is 1. The summed E-state index contributed by atoms with van der Waals surface area (Å²) in [5, 5.41) is 17.0. The smallest absolute Gasteiger partial charge is 0.326 e. The number of carbonyl (C=O) groups is 1. The summed E-state index contributed by atoms with van der Waals surface area (Å²) in [7, 11) is -4.34. The van der Waals surface area contributed by atoms with Crippen LogP contribution in [0.15, 0.2) is 0 Å². The van der Waals surface area contributed by atoms with E-state index in [1.807, 2.05) is 0 Å². The molecule has 6 N–H and O–H groups in total. The average Bonchev–Trinajstić information content (AvgIpc) is 1.97. The predicted molar refractivity (Wildman–Crippen MR) is 43.1 cm³/mol. The van der Waals surface area contributed by atoms with Gasteiger partial charge in [0, 0.05) is 12.5 Å². The van der Waals surface area contributed by atoms with Crippen molar-refractivity contribution in [2.24, 2.45) is 11.7 Å². The van der Waals surface area contributed by atoms with Crippen LogP contribution in [0.1, 0.15) is 0 Å². The van der Waals surface area contributed by atoms with Crippen LogP contribution in [0.3, 0.4) is 0 Å². The number of hydrogen-bond donors (Lipinski definition) is 5. The van der Waals surface area contributed by atoms with Gasteiger partial charge in [0.25, 0.3) is 0 Å². The molecule has 0 aromatic rings. The number of hydrogen-bond acceptors (Lipinski definition) is 4. The molecule has 1 unspecified atom stereocenters. The molecule has 0 heterocycles. The van der Waals surface area contributed by atoms with Gasteiger partial charge in [-0.3, -0.25) is 9.36 Å². The molecule has 7 nitrogen and oxygen atoms in total. The maximum atomic E-state index is 10.5. The van der Waals surface area contributed by atoms with E-state index in [1.54, 1.807) is 0 Å². The van der Waals surface area contributed by atoms with E-state index in [9.17, 15) is 9.36 Å².